The van der Waals surface area contributed by atoms with Crippen LogP contribution in [0.15, 0.2) is 0 Å². The molecule has 0 spiro atoms. The van der Waals surface area contributed by atoms with Crippen LogP contribution in [-0.4, -0.2) is 18.6 Å². The van der Waals surface area contributed by atoms with Crippen molar-refractivity contribution < 1.29 is 0 Å². The summed E-state index contributed by atoms with van der Waals surface area (Å²) in [6, 6.07) is 0. The molecule has 0 bridgehead atoms. The molecule has 3 N–H and O–H groups in total. The van der Waals surface area contributed by atoms with E-state index < -0.39 is 0 Å². The Morgan fingerprint density at radius 2 is 2.00 bits per heavy atom. The van der Waals surface area contributed by atoms with Crippen molar-refractivity contribution in [1.82, 2.24) is 5.32 Å². The van der Waals surface area contributed by atoms with E-state index in [-0.39, 0.29) is 5.54 Å². The van der Waals surface area contributed by atoms with Crippen molar-refractivity contribution in [2.24, 2.45) is 17.1 Å². The van der Waals surface area contributed by atoms with Gasteiger partial charge in [0, 0.05) is 12.1 Å². The van der Waals surface area contributed by atoms with Crippen LogP contribution in [0.3, 0.4) is 0 Å². The van der Waals surface area contributed by atoms with E-state index in [0.717, 1.165) is 12.5 Å². The van der Waals surface area contributed by atoms with Crippen LogP contribution >= 0.6 is 0 Å². The van der Waals surface area contributed by atoms with Gasteiger partial charge in [-0.3, -0.25) is 0 Å². The second-order valence-electron chi connectivity index (χ2n) is 5.85. The molecule has 0 saturated heterocycles. The van der Waals surface area contributed by atoms with E-state index in [4.69, 9.17) is 5.73 Å². The first-order valence-corrected chi connectivity index (χ1v) is 6.05. The summed E-state index contributed by atoms with van der Waals surface area (Å²) in [6.45, 7) is 6.73. The minimum absolute atomic E-state index is 0.232. The Kier molecular flexibility index (Phi) is 2.61. The maximum atomic E-state index is 5.99. The monoisotopic (exact) mass is 196 g/mol. The maximum Gasteiger partial charge on any atom is 0.0355 e. The fourth-order valence-electron chi connectivity index (χ4n) is 2.85. The molecule has 2 heteroatoms. The first-order valence-electron chi connectivity index (χ1n) is 6.05. The number of hydrogen-bond acceptors (Lipinski definition) is 2. The predicted octanol–water partition coefficient (Wildman–Crippen LogP) is 1.89. The van der Waals surface area contributed by atoms with Gasteiger partial charge in [-0.2, -0.15) is 0 Å². The van der Waals surface area contributed by atoms with Crippen LogP contribution in [0.1, 0.15) is 46.0 Å². The lowest BCUT2D eigenvalue weighted by Gasteiger charge is -2.42. The lowest BCUT2D eigenvalue weighted by atomic mass is 9.75. The molecule has 2 rings (SSSR count). The van der Waals surface area contributed by atoms with Gasteiger partial charge in [0.1, 0.15) is 0 Å². The molecule has 0 amide bonds. The molecule has 14 heavy (non-hydrogen) atoms. The van der Waals surface area contributed by atoms with E-state index in [1.54, 1.807) is 0 Å². The Labute approximate surface area is 87.6 Å². The van der Waals surface area contributed by atoms with Crippen LogP contribution in [0.5, 0.6) is 0 Å². The fourth-order valence-corrected chi connectivity index (χ4v) is 2.85. The molecule has 1 unspecified atom stereocenters. The Bertz CT molecular complexity index is 208. The van der Waals surface area contributed by atoms with Crippen molar-refractivity contribution in [1.29, 1.82) is 0 Å². The Balaban J connectivity index is 1.99. The number of nitrogens with two attached hydrogens (primary N) is 1. The predicted molar refractivity (Wildman–Crippen MR) is 60.1 cm³/mol. The molecule has 0 aliphatic heterocycles. The van der Waals surface area contributed by atoms with E-state index in [0.29, 0.717) is 5.41 Å². The molecular formula is C12H24N2. The number of nitrogens with one attached hydrogen (secondary N) is 1. The van der Waals surface area contributed by atoms with Crippen molar-refractivity contribution in [2.75, 3.05) is 13.1 Å². The van der Waals surface area contributed by atoms with Crippen LogP contribution in [0.25, 0.3) is 0 Å². The van der Waals surface area contributed by atoms with Gasteiger partial charge < -0.3 is 11.1 Å². The molecule has 0 radical (unpaired) electrons. The van der Waals surface area contributed by atoms with Crippen LogP contribution < -0.4 is 11.1 Å². The quantitative estimate of drug-likeness (QED) is 0.720. The van der Waals surface area contributed by atoms with E-state index in [1.165, 1.54) is 38.6 Å². The fraction of sp³-hybridized carbons (Fsp3) is 1.00. The van der Waals surface area contributed by atoms with Crippen LogP contribution in [-0.2, 0) is 0 Å². The van der Waals surface area contributed by atoms with Crippen LogP contribution in [0.2, 0.25) is 0 Å². The van der Waals surface area contributed by atoms with Gasteiger partial charge in [-0.1, -0.05) is 20.3 Å². The summed E-state index contributed by atoms with van der Waals surface area (Å²) >= 11 is 0. The highest BCUT2D eigenvalue weighted by Crippen LogP contribution is 2.45. The Morgan fingerprint density at radius 1 is 1.29 bits per heavy atom. The zero-order valence-electron chi connectivity index (χ0n) is 9.60. The third-order valence-electron chi connectivity index (χ3n) is 4.48. The van der Waals surface area contributed by atoms with Crippen molar-refractivity contribution in [3.63, 3.8) is 0 Å². The van der Waals surface area contributed by atoms with Crippen molar-refractivity contribution in [3.8, 4) is 0 Å². The molecule has 2 aliphatic rings. The van der Waals surface area contributed by atoms with E-state index in [1.807, 2.05) is 0 Å². The molecule has 82 valence electrons. The van der Waals surface area contributed by atoms with Crippen LogP contribution in [0, 0.1) is 11.3 Å². The van der Waals surface area contributed by atoms with Gasteiger partial charge in [0.15, 0.2) is 0 Å². The van der Waals surface area contributed by atoms with Crippen molar-refractivity contribution in [3.05, 3.63) is 0 Å². The second kappa shape index (κ2) is 3.49. The normalized spacial score (nSPS) is 36.2. The van der Waals surface area contributed by atoms with Gasteiger partial charge in [0.2, 0.25) is 0 Å². The van der Waals surface area contributed by atoms with Gasteiger partial charge in [0.05, 0.1) is 0 Å². The molecule has 2 saturated carbocycles. The van der Waals surface area contributed by atoms with E-state index >= 15 is 0 Å². The molecular weight excluding hydrogens is 172 g/mol. The summed E-state index contributed by atoms with van der Waals surface area (Å²) in [5.74, 6) is 0.954. The standard InChI is InChI=1S/C12H24N2/c1-11(2)6-3-7-12(11,9-13)14-8-10-4-5-10/h10,14H,3-9,13H2,1-2H3. The minimum Gasteiger partial charge on any atom is -0.329 e. The SMILES string of the molecule is CC1(C)CCCC1(CN)NCC1CC1. The highest BCUT2D eigenvalue weighted by atomic mass is 15.0. The summed E-state index contributed by atoms with van der Waals surface area (Å²) < 4.78 is 0. The summed E-state index contributed by atoms with van der Waals surface area (Å²) in [4.78, 5) is 0. The van der Waals surface area contributed by atoms with Crippen molar-refractivity contribution in [2.45, 2.75) is 51.5 Å². The smallest absolute Gasteiger partial charge is 0.0355 e. The lowest BCUT2D eigenvalue weighted by molar-refractivity contribution is 0.162. The topological polar surface area (TPSA) is 38.0 Å². The highest BCUT2D eigenvalue weighted by Gasteiger charge is 2.47. The summed E-state index contributed by atoms with van der Waals surface area (Å²) in [7, 11) is 0. The maximum absolute atomic E-state index is 5.99. The van der Waals surface area contributed by atoms with Gasteiger partial charge in [-0.15, -0.1) is 0 Å². The van der Waals surface area contributed by atoms with Gasteiger partial charge >= 0.3 is 0 Å². The average Bonchev–Trinajstić information content (AvgIpc) is 2.90. The third kappa shape index (κ3) is 1.70. The third-order valence-corrected chi connectivity index (χ3v) is 4.48. The summed E-state index contributed by atoms with van der Waals surface area (Å²) in [5.41, 5.74) is 6.61. The first kappa shape index (κ1) is 10.4. The molecule has 0 aromatic carbocycles. The average molecular weight is 196 g/mol. The Morgan fingerprint density at radius 3 is 2.43 bits per heavy atom. The molecule has 2 aliphatic carbocycles. The number of rotatable bonds is 4. The molecule has 0 aromatic heterocycles. The molecule has 2 nitrogen and oxygen atoms in total. The van der Waals surface area contributed by atoms with Crippen LogP contribution in [0.4, 0.5) is 0 Å². The van der Waals surface area contributed by atoms with Gasteiger partial charge in [-0.05, 0) is 43.6 Å². The minimum atomic E-state index is 0.232. The zero-order chi connectivity index (χ0) is 10.2. The van der Waals surface area contributed by atoms with E-state index in [9.17, 15) is 0 Å². The van der Waals surface area contributed by atoms with Gasteiger partial charge in [0.25, 0.3) is 0 Å². The molecule has 1 atom stereocenters. The zero-order valence-corrected chi connectivity index (χ0v) is 9.60. The molecule has 0 heterocycles. The van der Waals surface area contributed by atoms with E-state index in [2.05, 4.69) is 19.2 Å². The molecule has 0 aromatic rings. The summed E-state index contributed by atoms with van der Waals surface area (Å²) in [5, 5.41) is 3.77. The second-order valence-corrected chi connectivity index (χ2v) is 5.85. The van der Waals surface area contributed by atoms with Crippen molar-refractivity contribution >= 4 is 0 Å². The largest absolute Gasteiger partial charge is 0.329 e. The van der Waals surface area contributed by atoms with Gasteiger partial charge in [-0.25, -0.2) is 0 Å². The lowest BCUT2D eigenvalue weighted by Crippen LogP contribution is -2.58. The summed E-state index contributed by atoms with van der Waals surface area (Å²) in [6.07, 6.45) is 6.77. The number of hydrogen-bond donors (Lipinski definition) is 2. The molecule has 2 fully saturated rings. The first-order chi connectivity index (χ1) is 6.60. The Hall–Kier alpha value is -0.0800. The highest BCUT2D eigenvalue weighted by molar-refractivity contribution is 5.06.